The van der Waals surface area contributed by atoms with Gasteiger partial charge in [-0.1, -0.05) is 0 Å². The Labute approximate surface area is 140 Å². The van der Waals surface area contributed by atoms with Crippen molar-refractivity contribution in [3.05, 3.63) is 23.9 Å². The summed E-state index contributed by atoms with van der Waals surface area (Å²) in [5.41, 5.74) is -0.639. The smallest absolute Gasteiger partial charge is 0.373 e. The Balaban J connectivity index is 1.29. The van der Waals surface area contributed by atoms with Crippen molar-refractivity contribution in [3.8, 4) is 0 Å². The Kier molecular flexibility index (Phi) is 3.98. The summed E-state index contributed by atoms with van der Waals surface area (Å²) in [5, 5.41) is 2.95. The fourth-order valence-corrected chi connectivity index (χ4v) is 5.36. The molecular formula is C18H23F3N2O. The maximum atomic E-state index is 12.7. The lowest BCUT2D eigenvalue weighted by Crippen LogP contribution is -2.52. The minimum absolute atomic E-state index is 0.0394. The lowest BCUT2D eigenvalue weighted by molar-refractivity contribution is -0.159. The fourth-order valence-electron chi connectivity index (χ4n) is 5.36. The largest absolute Gasteiger partial charge is 0.416 e. The third-order valence-corrected chi connectivity index (χ3v) is 5.89. The molecule has 0 aromatic carbocycles. The average Bonchev–Trinajstić information content (AvgIpc) is 2.50. The zero-order chi connectivity index (χ0) is 16.8. The van der Waals surface area contributed by atoms with Crippen molar-refractivity contribution in [2.75, 3.05) is 18.5 Å². The van der Waals surface area contributed by atoms with Gasteiger partial charge in [-0.2, -0.15) is 13.2 Å². The summed E-state index contributed by atoms with van der Waals surface area (Å²) >= 11 is 0. The molecule has 4 bridgehead atoms. The number of nitrogens with zero attached hydrogens (tertiary/aromatic N) is 1. The number of halogens is 3. The Morgan fingerprint density at radius 2 is 1.75 bits per heavy atom. The molecule has 0 aliphatic heterocycles. The van der Waals surface area contributed by atoms with Crippen LogP contribution in [0.2, 0.25) is 0 Å². The molecule has 0 atom stereocenters. The molecule has 1 N–H and O–H groups in total. The minimum Gasteiger partial charge on any atom is -0.373 e. The molecule has 5 rings (SSSR count). The van der Waals surface area contributed by atoms with Gasteiger partial charge in [0.2, 0.25) is 0 Å². The van der Waals surface area contributed by atoms with Gasteiger partial charge < -0.3 is 10.1 Å². The van der Waals surface area contributed by atoms with Crippen LogP contribution in [-0.2, 0) is 10.9 Å². The molecule has 4 aliphatic carbocycles. The van der Waals surface area contributed by atoms with Crippen LogP contribution in [0.15, 0.2) is 18.3 Å². The topological polar surface area (TPSA) is 34.2 Å². The van der Waals surface area contributed by atoms with Crippen molar-refractivity contribution < 1.29 is 17.9 Å². The Hall–Kier alpha value is -1.30. The number of aromatic nitrogens is 1. The number of pyridine rings is 1. The second kappa shape index (κ2) is 5.90. The minimum atomic E-state index is -4.34. The van der Waals surface area contributed by atoms with E-state index in [1.165, 1.54) is 44.7 Å². The molecule has 0 saturated heterocycles. The second-order valence-electron chi connectivity index (χ2n) is 7.80. The van der Waals surface area contributed by atoms with E-state index in [9.17, 15) is 13.2 Å². The third kappa shape index (κ3) is 3.25. The molecule has 4 saturated carbocycles. The molecule has 0 unspecified atom stereocenters. The van der Waals surface area contributed by atoms with Crippen LogP contribution in [0.5, 0.6) is 0 Å². The summed E-state index contributed by atoms with van der Waals surface area (Å²) in [6.45, 7) is 1.00. The van der Waals surface area contributed by atoms with Gasteiger partial charge in [-0.25, -0.2) is 4.98 Å². The van der Waals surface area contributed by atoms with Crippen molar-refractivity contribution in [2.45, 2.75) is 50.3 Å². The van der Waals surface area contributed by atoms with Crippen LogP contribution >= 0.6 is 0 Å². The fraction of sp³-hybridized carbons (Fsp3) is 0.722. The SMILES string of the molecule is FC(F)(F)c1ccnc(NCCOC23CC4CC(CC(C4)C2)C3)c1. The Morgan fingerprint density at radius 3 is 2.33 bits per heavy atom. The van der Waals surface area contributed by atoms with E-state index in [4.69, 9.17) is 4.74 Å². The normalized spacial score (nSPS) is 34.5. The average molecular weight is 340 g/mol. The zero-order valence-corrected chi connectivity index (χ0v) is 13.6. The van der Waals surface area contributed by atoms with E-state index >= 15 is 0 Å². The molecule has 3 nitrogen and oxygen atoms in total. The summed E-state index contributed by atoms with van der Waals surface area (Å²) < 4.78 is 44.3. The van der Waals surface area contributed by atoms with Gasteiger partial charge in [0.1, 0.15) is 5.82 Å². The number of hydrogen-bond acceptors (Lipinski definition) is 3. The number of rotatable bonds is 5. The first-order valence-electron chi connectivity index (χ1n) is 8.83. The van der Waals surface area contributed by atoms with E-state index in [1.54, 1.807) is 0 Å². The molecule has 1 aromatic heterocycles. The van der Waals surface area contributed by atoms with Crippen LogP contribution in [-0.4, -0.2) is 23.7 Å². The molecule has 4 fully saturated rings. The first kappa shape index (κ1) is 16.2. The van der Waals surface area contributed by atoms with E-state index < -0.39 is 11.7 Å². The molecule has 1 heterocycles. The lowest BCUT2D eigenvalue weighted by atomic mass is 9.54. The van der Waals surface area contributed by atoms with Gasteiger partial charge in [-0.05, 0) is 68.4 Å². The molecule has 0 spiro atoms. The number of nitrogens with one attached hydrogen (secondary N) is 1. The van der Waals surface area contributed by atoms with E-state index in [2.05, 4.69) is 10.3 Å². The maximum Gasteiger partial charge on any atom is 0.416 e. The quantitative estimate of drug-likeness (QED) is 0.802. The number of anilines is 1. The Morgan fingerprint density at radius 1 is 1.12 bits per heavy atom. The molecule has 132 valence electrons. The van der Waals surface area contributed by atoms with Gasteiger partial charge in [-0.15, -0.1) is 0 Å². The van der Waals surface area contributed by atoms with E-state index in [1.807, 2.05) is 0 Å². The first-order valence-corrected chi connectivity index (χ1v) is 8.83. The summed E-state index contributed by atoms with van der Waals surface area (Å²) in [7, 11) is 0. The van der Waals surface area contributed by atoms with Gasteiger partial charge in [-0.3, -0.25) is 0 Å². The highest BCUT2D eigenvalue weighted by Crippen LogP contribution is 2.57. The monoisotopic (exact) mass is 340 g/mol. The van der Waals surface area contributed by atoms with Crippen LogP contribution in [0.1, 0.15) is 44.1 Å². The molecule has 24 heavy (non-hydrogen) atoms. The van der Waals surface area contributed by atoms with Gasteiger partial charge in [0, 0.05) is 12.7 Å². The highest BCUT2D eigenvalue weighted by molar-refractivity contribution is 5.38. The summed E-state index contributed by atoms with van der Waals surface area (Å²) in [6, 6.07) is 2.03. The van der Waals surface area contributed by atoms with Crippen LogP contribution in [0.3, 0.4) is 0 Å². The van der Waals surface area contributed by atoms with Crippen LogP contribution in [0.25, 0.3) is 0 Å². The highest BCUT2D eigenvalue weighted by Gasteiger charge is 2.51. The van der Waals surface area contributed by atoms with Crippen molar-refractivity contribution in [1.29, 1.82) is 0 Å². The van der Waals surface area contributed by atoms with Gasteiger partial charge in [0.15, 0.2) is 0 Å². The predicted octanol–water partition coefficient (Wildman–Crippen LogP) is 4.50. The molecule has 0 radical (unpaired) electrons. The predicted molar refractivity (Wildman–Crippen MR) is 84.6 cm³/mol. The lowest BCUT2D eigenvalue weighted by Gasteiger charge is -2.56. The molecule has 0 amide bonds. The Bertz CT molecular complexity index is 567. The maximum absolute atomic E-state index is 12.7. The van der Waals surface area contributed by atoms with E-state index in [0.29, 0.717) is 13.2 Å². The van der Waals surface area contributed by atoms with Gasteiger partial charge >= 0.3 is 6.18 Å². The molecular weight excluding hydrogens is 317 g/mol. The third-order valence-electron chi connectivity index (χ3n) is 5.89. The summed E-state index contributed by atoms with van der Waals surface area (Å²) in [6.07, 6.45) is 4.46. The van der Waals surface area contributed by atoms with Crippen molar-refractivity contribution in [3.63, 3.8) is 0 Å². The van der Waals surface area contributed by atoms with Crippen molar-refractivity contribution >= 4 is 5.82 Å². The molecule has 4 aliphatic rings. The van der Waals surface area contributed by atoms with Gasteiger partial charge in [0.05, 0.1) is 17.8 Å². The van der Waals surface area contributed by atoms with E-state index in [0.717, 1.165) is 29.9 Å². The van der Waals surface area contributed by atoms with Gasteiger partial charge in [0.25, 0.3) is 0 Å². The highest BCUT2D eigenvalue weighted by atomic mass is 19.4. The zero-order valence-electron chi connectivity index (χ0n) is 13.6. The summed E-state index contributed by atoms with van der Waals surface area (Å²) in [4.78, 5) is 3.95. The van der Waals surface area contributed by atoms with Crippen LogP contribution < -0.4 is 5.32 Å². The van der Waals surface area contributed by atoms with Crippen molar-refractivity contribution in [2.24, 2.45) is 17.8 Å². The van der Waals surface area contributed by atoms with Crippen molar-refractivity contribution in [1.82, 2.24) is 4.98 Å². The second-order valence-corrected chi connectivity index (χ2v) is 7.80. The number of hydrogen-bond donors (Lipinski definition) is 1. The van der Waals surface area contributed by atoms with Crippen LogP contribution in [0, 0.1) is 17.8 Å². The first-order chi connectivity index (χ1) is 11.4. The number of ether oxygens (including phenoxy) is 1. The summed E-state index contributed by atoms with van der Waals surface area (Å²) in [5.74, 6) is 2.73. The van der Waals surface area contributed by atoms with Crippen LogP contribution in [0.4, 0.5) is 19.0 Å². The molecule has 1 aromatic rings. The standard InChI is InChI=1S/C18H23F3N2O/c19-18(20,21)15-1-2-22-16(8-15)23-3-4-24-17-9-12-5-13(10-17)7-14(6-12)11-17/h1-2,8,12-14H,3-7,9-11H2,(H,22,23). The number of alkyl halides is 3. The van der Waals surface area contributed by atoms with E-state index in [-0.39, 0.29) is 11.4 Å². The molecule has 6 heteroatoms.